The second-order valence-electron chi connectivity index (χ2n) is 7.02. The number of nitrogens with one attached hydrogen (secondary N) is 1. The number of amides is 2. The van der Waals surface area contributed by atoms with Crippen LogP contribution >= 0.6 is 0 Å². The van der Waals surface area contributed by atoms with Crippen molar-refractivity contribution in [2.75, 3.05) is 31.1 Å². The number of carbonyl (C=O) groups excluding carboxylic acids is 2. The molecule has 0 aliphatic carbocycles. The molecule has 6 nitrogen and oxygen atoms in total. The Hall–Kier alpha value is -2.11. The Morgan fingerprint density at radius 2 is 1.92 bits per heavy atom. The quantitative estimate of drug-likeness (QED) is 0.688. The summed E-state index contributed by atoms with van der Waals surface area (Å²) in [5, 5.41) is 3.00. The van der Waals surface area contributed by atoms with Crippen molar-refractivity contribution in [1.82, 2.24) is 15.2 Å². The third-order valence-electron chi connectivity index (χ3n) is 4.82. The van der Waals surface area contributed by atoms with Gasteiger partial charge in [0.05, 0.1) is 0 Å². The second kappa shape index (κ2) is 10.8. The molecule has 144 valence electrons. The van der Waals surface area contributed by atoms with Gasteiger partial charge < -0.3 is 15.1 Å². The highest BCUT2D eigenvalue weighted by Gasteiger charge is 2.22. The van der Waals surface area contributed by atoms with Crippen molar-refractivity contribution in [3.63, 3.8) is 0 Å². The van der Waals surface area contributed by atoms with E-state index in [1.807, 2.05) is 30.0 Å². The fourth-order valence-electron chi connectivity index (χ4n) is 3.22. The minimum Gasteiger partial charge on any atom is -0.354 e. The number of aromatic nitrogens is 1. The zero-order chi connectivity index (χ0) is 18.8. The lowest BCUT2D eigenvalue weighted by Gasteiger charge is -2.35. The highest BCUT2D eigenvalue weighted by molar-refractivity contribution is 5.84. The summed E-state index contributed by atoms with van der Waals surface area (Å²) in [6, 6.07) is 6.05. The minimum atomic E-state index is -0.0190. The molecule has 0 unspecified atom stereocenters. The van der Waals surface area contributed by atoms with Crippen LogP contribution < -0.4 is 10.2 Å². The van der Waals surface area contributed by atoms with Gasteiger partial charge in [-0.2, -0.15) is 0 Å². The van der Waals surface area contributed by atoms with Gasteiger partial charge in [0.2, 0.25) is 11.8 Å². The summed E-state index contributed by atoms with van der Waals surface area (Å²) in [6.45, 7) is 7.14. The zero-order valence-electron chi connectivity index (χ0n) is 16.1. The van der Waals surface area contributed by atoms with E-state index < -0.39 is 0 Å². The van der Waals surface area contributed by atoms with Crippen LogP contribution in [0.3, 0.4) is 0 Å². The molecule has 1 aromatic rings. The molecule has 0 bridgehead atoms. The monoisotopic (exact) mass is 360 g/mol. The lowest BCUT2D eigenvalue weighted by molar-refractivity contribution is -0.134. The maximum absolute atomic E-state index is 12.4. The Kier molecular flexibility index (Phi) is 8.38. The molecular formula is C20H32N4O2. The molecule has 6 heteroatoms. The highest BCUT2D eigenvalue weighted by Crippen LogP contribution is 2.13. The van der Waals surface area contributed by atoms with E-state index in [2.05, 4.69) is 22.1 Å². The number of carbonyl (C=O) groups is 2. The molecule has 0 radical (unpaired) electrons. The van der Waals surface area contributed by atoms with Crippen molar-refractivity contribution in [3.8, 4) is 0 Å². The molecule has 1 aliphatic rings. The molecule has 2 rings (SSSR count). The third kappa shape index (κ3) is 6.65. The Balaban J connectivity index is 1.65. The average Bonchev–Trinajstić information content (AvgIpc) is 2.67. The summed E-state index contributed by atoms with van der Waals surface area (Å²) in [5.74, 6) is 1.00. The van der Waals surface area contributed by atoms with Crippen LogP contribution in [-0.4, -0.2) is 53.9 Å². The van der Waals surface area contributed by atoms with Crippen LogP contribution in [0.15, 0.2) is 24.4 Å². The number of hydrogen-bond donors (Lipinski definition) is 1. The van der Waals surface area contributed by atoms with E-state index in [-0.39, 0.29) is 30.7 Å². The summed E-state index contributed by atoms with van der Waals surface area (Å²) < 4.78 is 0. The Morgan fingerprint density at radius 1 is 1.15 bits per heavy atom. The normalized spacial score (nSPS) is 15.6. The molecule has 1 aromatic heterocycles. The van der Waals surface area contributed by atoms with Crippen molar-refractivity contribution in [1.29, 1.82) is 0 Å². The van der Waals surface area contributed by atoms with Crippen molar-refractivity contribution >= 4 is 17.6 Å². The van der Waals surface area contributed by atoms with E-state index in [1.165, 1.54) is 12.8 Å². The van der Waals surface area contributed by atoms with Gasteiger partial charge in [0.15, 0.2) is 0 Å². The first kappa shape index (κ1) is 20.2. The third-order valence-corrected chi connectivity index (χ3v) is 4.82. The predicted molar refractivity (Wildman–Crippen MR) is 104 cm³/mol. The number of nitrogens with zero attached hydrogens (tertiary/aromatic N) is 3. The van der Waals surface area contributed by atoms with E-state index in [0.717, 1.165) is 31.7 Å². The van der Waals surface area contributed by atoms with Crippen molar-refractivity contribution in [2.24, 2.45) is 0 Å². The van der Waals surface area contributed by atoms with E-state index >= 15 is 0 Å². The number of pyridine rings is 1. The fraction of sp³-hybridized carbons (Fsp3) is 0.650. The molecule has 1 aliphatic heterocycles. The van der Waals surface area contributed by atoms with Crippen LogP contribution in [0, 0.1) is 0 Å². The molecule has 26 heavy (non-hydrogen) atoms. The standard InChI is InChI=1S/C20H32N4O2/c1-3-4-5-8-17(2)22-19(25)10-11-20(26)24-15-13-23(14-16-24)18-9-6-7-12-21-18/h6-7,9,12,17H,3-5,8,10-11,13-16H2,1-2H3,(H,22,25)/t17-/m0/s1. The predicted octanol–water partition coefficient (Wildman–Crippen LogP) is 2.60. The van der Waals surface area contributed by atoms with Crippen molar-refractivity contribution < 1.29 is 9.59 Å². The van der Waals surface area contributed by atoms with Crippen molar-refractivity contribution in [2.45, 2.75) is 58.4 Å². The molecular weight excluding hydrogens is 328 g/mol. The van der Waals surface area contributed by atoms with Gasteiger partial charge in [-0.1, -0.05) is 32.3 Å². The number of anilines is 1. The van der Waals surface area contributed by atoms with Crippen LogP contribution in [0.4, 0.5) is 5.82 Å². The summed E-state index contributed by atoms with van der Waals surface area (Å²) >= 11 is 0. The Bertz CT molecular complexity index is 556. The van der Waals surface area contributed by atoms with Gasteiger partial charge in [-0.05, 0) is 25.5 Å². The molecule has 1 saturated heterocycles. The first-order chi connectivity index (χ1) is 12.6. The summed E-state index contributed by atoms with van der Waals surface area (Å²) in [4.78, 5) is 32.8. The smallest absolute Gasteiger partial charge is 0.223 e. The van der Waals surface area contributed by atoms with Crippen LogP contribution in [0.5, 0.6) is 0 Å². The van der Waals surface area contributed by atoms with Crippen molar-refractivity contribution in [3.05, 3.63) is 24.4 Å². The van der Waals surface area contributed by atoms with E-state index in [4.69, 9.17) is 0 Å². The maximum atomic E-state index is 12.4. The molecule has 1 N–H and O–H groups in total. The fourth-order valence-corrected chi connectivity index (χ4v) is 3.22. The molecule has 2 heterocycles. The number of rotatable bonds is 9. The van der Waals surface area contributed by atoms with Gasteiger partial charge in [0.25, 0.3) is 0 Å². The zero-order valence-corrected chi connectivity index (χ0v) is 16.1. The topological polar surface area (TPSA) is 65.5 Å². The molecule has 0 saturated carbocycles. The van der Waals surface area contributed by atoms with Gasteiger partial charge in [0, 0.05) is 51.3 Å². The van der Waals surface area contributed by atoms with E-state index in [0.29, 0.717) is 13.1 Å². The van der Waals surface area contributed by atoms with Gasteiger partial charge in [0.1, 0.15) is 5.82 Å². The van der Waals surface area contributed by atoms with Gasteiger partial charge in [-0.3, -0.25) is 9.59 Å². The van der Waals surface area contributed by atoms with Gasteiger partial charge in [-0.25, -0.2) is 4.98 Å². The largest absolute Gasteiger partial charge is 0.354 e. The Labute approximate surface area is 157 Å². The van der Waals surface area contributed by atoms with Crippen LogP contribution in [0.25, 0.3) is 0 Å². The molecule has 1 fully saturated rings. The number of piperazine rings is 1. The lowest BCUT2D eigenvalue weighted by atomic mass is 10.1. The van der Waals surface area contributed by atoms with Crippen LogP contribution in [0.2, 0.25) is 0 Å². The molecule has 0 aromatic carbocycles. The number of unbranched alkanes of at least 4 members (excludes halogenated alkanes) is 2. The molecule has 2 amide bonds. The summed E-state index contributed by atoms with van der Waals surface area (Å²) in [5.41, 5.74) is 0. The van der Waals surface area contributed by atoms with Crippen LogP contribution in [-0.2, 0) is 9.59 Å². The SMILES string of the molecule is CCCCC[C@H](C)NC(=O)CCC(=O)N1CCN(c2ccccn2)CC1. The molecule has 0 spiro atoms. The summed E-state index contributed by atoms with van der Waals surface area (Å²) in [6.07, 6.45) is 6.87. The summed E-state index contributed by atoms with van der Waals surface area (Å²) in [7, 11) is 0. The van der Waals surface area contributed by atoms with Gasteiger partial charge >= 0.3 is 0 Å². The Morgan fingerprint density at radius 3 is 2.58 bits per heavy atom. The van der Waals surface area contributed by atoms with Gasteiger partial charge in [-0.15, -0.1) is 0 Å². The number of hydrogen-bond acceptors (Lipinski definition) is 4. The highest BCUT2D eigenvalue weighted by atomic mass is 16.2. The lowest BCUT2D eigenvalue weighted by Crippen LogP contribution is -2.49. The minimum absolute atomic E-state index is 0.0190. The van der Waals surface area contributed by atoms with E-state index in [1.54, 1.807) is 6.20 Å². The second-order valence-corrected chi connectivity index (χ2v) is 7.02. The average molecular weight is 361 g/mol. The van der Waals surface area contributed by atoms with Crippen LogP contribution in [0.1, 0.15) is 52.4 Å². The van der Waals surface area contributed by atoms with E-state index in [9.17, 15) is 9.59 Å². The maximum Gasteiger partial charge on any atom is 0.223 e. The first-order valence-corrected chi connectivity index (χ1v) is 9.83. The first-order valence-electron chi connectivity index (χ1n) is 9.83. The molecule has 1 atom stereocenters.